The van der Waals surface area contributed by atoms with E-state index in [1.807, 2.05) is 36.4 Å². The lowest BCUT2D eigenvalue weighted by Gasteiger charge is -2.15. The van der Waals surface area contributed by atoms with Crippen LogP contribution in [-0.2, 0) is 16.1 Å². The molecule has 154 valence electrons. The van der Waals surface area contributed by atoms with Gasteiger partial charge in [-0.15, -0.1) is 0 Å². The second-order valence-corrected chi connectivity index (χ2v) is 7.09. The molecular weight excluding hydrogens is 489 g/mol. The number of ether oxygens (including phenoxy) is 3. The van der Waals surface area contributed by atoms with Gasteiger partial charge < -0.3 is 19.1 Å². The zero-order valence-corrected chi connectivity index (χ0v) is 18.5. The van der Waals surface area contributed by atoms with Gasteiger partial charge in [0.2, 0.25) is 0 Å². The van der Waals surface area contributed by atoms with Crippen LogP contribution in [0.1, 0.15) is 11.1 Å². The summed E-state index contributed by atoms with van der Waals surface area (Å²) in [5, 5.41) is 3.92. The van der Waals surface area contributed by atoms with Gasteiger partial charge >= 0.3 is 6.09 Å². The predicted octanol–water partition coefficient (Wildman–Crippen LogP) is 3.03. The van der Waals surface area contributed by atoms with E-state index in [-0.39, 0.29) is 13.2 Å². The average molecular weight is 511 g/mol. The van der Waals surface area contributed by atoms with Gasteiger partial charge in [0.05, 0.1) is 24.0 Å². The molecule has 0 atom stereocenters. The summed E-state index contributed by atoms with van der Waals surface area (Å²) < 4.78 is 16.6. The van der Waals surface area contributed by atoms with E-state index >= 15 is 0 Å². The molecule has 0 bridgehead atoms. The molecular formula is C20H22IN3O5. The molecule has 0 saturated carbocycles. The Hall–Kier alpha value is -2.82. The number of halogens is 1. The second-order valence-electron chi connectivity index (χ2n) is 5.93. The maximum atomic E-state index is 12.0. The molecule has 8 nitrogen and oxygen atoms in total. The van der Waals surface area contributed by atoms with E-state index in [4.69, 9.17) is 14.2 Å². The molecule has 2 rings (SSSR count). The first-order valence-electron chi connectivity index (χ1n) is 8.59. The summed E-state index contributed by atoms with van der Waals surface area (Å²) >= 11 is 2.12. The van der Waals surface area contributed by atoms with Crippen molar-refractivity contribution in [3.8, 4) is 11.5 Å². The molecule has 0 fully saturated rings. The molecule has 0 aliphatic rings. The van der Waals surface area contributed by atoms with Crippen molar-refractivity contribution in [3.63, 3.8) is 0 Å². The van der Waals surface area contributed by atoms with Gasteiger partial charge in [-0.05, 0) is 45.9 Å². The summed E-state index contributed by atoms with van der Waals surface area (Å²) in [6.07, 6.45) is 0.887. The quantitative estimate of drug-likeness (QED) is 0.335. The molecule has 0 spiro atoms. The summed E-state index contributed by atoms with van der Waals surface area (Å²) in [5.74, 6) is 0.744. The predicted molar refractivity (Wildman–Crippen MR) is 117 cm³/mol. The zero-order valence-electron chi connectivity index (χ0n) is 16.3. The molecule has 0 saturated heterocycles. The Bertz CT molecular complexity index is 874. The maximum absolute atomic E-state index is 12.0. The largest absolute Gasteiger partial charge is 0.493 e. The van der Waals surface area contributed by atoms with E-state index < -0.39 is 12.0 Å². The van der Waals surface area contributed by atoms with Crippen molar-refractivity contribution in [2.45, 2.75) is 6.61 Å². The topological polar surface area (TPSA) is 89.5 Å². The summed E-state index contributed by atoms with van der Waals surface area (Å²) in [7, 11) is 4.59. The Morgan fingerprint density at radius 1 is 1.17 bits per heavy atom. The number of amides is 2. The number of rotatable bonds is 8. The highest BCUT2D eigenvalue weighted by atomic mass is 127. The third kappa shape index (κ3) is 6.93. The van der Waals surface area contributed by atoms with E-state index in [2.05, 4.69) is 33.1 Å². The van der Waals surface area contributed by atoms with Crippen molar-refractivity contribution in [1.29, 1.82) is 0 Å². The smallest absolute Gasteiger partial charge is 0.410 e. The Morgan fingerprint density at radius 3 is 2.55 bits per heavy atom. The van der Waals surface area contributed by atoms with Crippen LogP contribution < -0.4 is 14.9 Å². The summed E-state index contributed by atoms with van der Waals surface area (Å²) in [6, 6.07) is 12.9. The number of carbonyl (C=O) groups is 2. The van der Waals surface area contributed by atoms with Crippen LogP contribution in [-0.4, -0.2) is 50.9 Å². The SMILES string of the molecule is COc1cc(C=NNC(=O)CN(C)C(=O)OCc2ccccc2)cc(I)c1OC. The van der Waals surface area contributed by atoms with Crippen LogP contribution in [0.3, 0.4) is 0 Å². The maximum Gasteiger partial charge on any atom is 0.410 e. The third-order valence-electron chi connectivity index (χ3n) is 3.76. The molecule has 0 aliphatic carbocycles. The number of nitrogens with one attached hydrogen (secondary N) is 1. The van der Waals surface area contributed by atoms with Gasteiger partial charge in [0, 0.05) is 7.05 Å². The lowest BCUT2D eigenvalue weighted by atomic mass is 10.2. The van der Waals surface area contributed by atoms with E-state index in [0.717, 1.165) is 14.7 Å². The molecule has 9 heteroatoms. The Morgan fingerprint density at radius 2 is 1.90 bits per heavy atom. The first-order chi connectivity index (χ1) is 13.9. The van der Waals surface area contributed by atoms with Gasteiger partial charge in [0.15, 0.2) is 11.5 Å². The average Bonchev–Trinajstić information content (AvgIpc) is 2.72. The molecule has 0 radical (unpaired) electrons. The summed E-state index contributed by atoms with van der Waals surface area (Å²) in [6.45, 7) is -0.0455. The van der Waals surface area contributed by atoms with Crippen LogP contribution >= 0.6 is 22.6 Å². The highest BCUT2D eigenvalue weighted by Gasteiger charge is 2.14. The fourth-order valence-electron chi connectivity index (χ4n) is 2.34. The zero-order chi connectivity index (χ0) is 21.2. The van der Waals surface area contributed by atoms with Crippen molar-refractivity contribution in [2.75, 3.05) is 27.8 Å². The van der Waals surface area contributed by atoms with E-state index in [1.165, 1.54) is 18.2 Å². The first kappa shape index (κ1) is 22.5. The summed E-state index contributed by atoms with van der Waals surface area (Å²) in [5.41, 5.74) is 3.98. The van der Waals surface area contributed by atoms with Crippen LogP contribution in [0.5, 0.6) is 11.5 Å². The number of hydrogen-bond donors (Lipinski definition) is 1. The van der Waals surface area contributed by atoms with Crippen molar-refractivity contribution in [2.24, 2.45) is 5.10 Å². The highest BCUT2D eigenvalue weighted by molar-refractivity contribution is 14.1. The van der Waals surface area contributed by atoms with Crippen molar-refractivity contribution < 1.29 is 23.8 Å². The minimum absolute atomic E-state index is 0.141. The minimum atomic E-state index is -0.595. The van der Waals surface area contributed by atoms with Gasteiger partial charge in [-0.2, -0.15) is 5.10 Å². The lowest BCUT2D eigenvalue weighted by molar-refractivity contribution is -0.121. The van der Waals surface area contributed by atoms with Crippen LogP contribution in [0.25, 0.3) is 0 Å². The standard InChI is InChI=1S/C20H22IN3O5/c1-24(20(26)29-13-14-7-5-4-6-8-14)12-18(25)23-22-11-15-9-16(21)19(28-3)17(10-15)27-2/h4-11H,12-13H2,1-3H3,(H,23,25). The van der Waals surface area contributed by atoms with Crippen molar-refractivity contribution in [3.05, 3.63) is 57.2 Å². The number of likely N-dealkylation sites (N-methyl/N-ethyl adjacent to an activating group) is 1. The number of carbonyl (C=O) groups excluding carboxylic acids is 2. The number of methoxy groups -OCH3 is 2. The Kier molecular flexibility index (Phi) is 8.71. The molecule has 0 unspecified atom stereocenters. The number of benzene rings is 2. The Balaban J connectivity index is 1.84. The molecule has 1 N–H and O–H groups in total. The molecule has 2 amide bonds. The van der Waals surface area contributed by atoms with Gasteiger partial charge in [-0.1, -0.05) is 30.3 Å². The van der Waals surface area contributed by atoms with E-state index in [1.54, 1.807) is 20.3 Å². The van der Waals surface area contributed by atoms with E-state index in [0.29, 0.717) is 11.5 Å². The van der Waals surface area contributed by atoms with Gasteiger partial charge in [0.1, 0.15) is 13.2 Å². The summed E-state index contributed by atoms with van der Waals surface area (Å²) in [4.78, 5) is 25.1. The third-order valence-corrected chi connectivity index (χ3v) is 4.56. The van der Waals surface area contributed by atoms with Crippen LogP contribution in [0, 0.1) is 3.57 Å². The fraction of sp³-hybridized carbons (Fsp3) is 0.250. The number of hydrogen-bond acceptors (Lipinski definition) is 6. The van der Waals surface area contributed by atoms with Crippen molar-refractivity contribution in [1.82, 2.24) is 10.3 Å². The molecule has 2 aromatic carbocycles. The highest BCUT2D eigenvalue weighted by Crippen LogP contribution is 2.32. The lowest BCUT2D eigenvalue weighted by Crippen LogP contribution is -2.36. The molecule has 0 aromatic heterocycles. The fourth-order valence-corrected chi connectivity index (χ4v) is 3.18. The molecule has 0 heterocycles. The second kappa shape index (κ2) is 11.2. The monoisotopic (exact) mass is 511 g/mol. The van der Waals surface area contributed by atoms with Crippen LogP contribution in [0.4, 0.5) is 4.79 Å². The first-order valence-corrected chi connectivity index (χ1v) is 9.67. The minimum Gasteiger partial charge on any atom is -0.493 e. The normalized spacial score (nSPS) is 10.5. The van der Waals surface area contributed by atoms with Gasteiger partial charge in [-0.25, -0.2) is 10.2 Å². The van der Waals surface area contributed by atoms with Crippen LogP contribution in [0.15, 0.2) is 47.6 Å². The van der Waals surface area contributed by atoms with E-state index in [9.17, 15) is 9.59 Å². The number of hydrazone groups is 1. The molecule has 29 heavy (non-hydrogen) atoms. The molecule has 0 aliphatic heterocycles. The van der Waals surface area contributed by atoms with Crippen molar-refractivity contribution >= 4 is 40.8 Å². The number of nitrogens with zero attached hydrogens (tertiary/aromatic N) is 2. The van der Waals surface area contributed by atoms with Crippen LogP contribution in [0.2, 0.25) is 0 Å². The Labute approximate surface area is 183 Å². The molecule has 2 aromatic rings. The van der Waals surface area contributed by atoms with Gasteiger partial charge in [0.25, 0.3) is 5.91 Å². The van der Waals surface area contributed by atoms with Gasteiger partial charge in [-0.3, -0.25) is 4.79 Å².